The van der Waals surface area contributed by atoms with Gasteiger partial charge in [0, 0.05) is 32.2 Å². The number of rotatable bonds is 3. The highest BCUT2D eigenvalue weighted by molar-refractivity contribution is 5.72. The number of hydrogen-bond donors (Lipinski definition) is 1. The van der Waals surface area contributed by atoms with Gasteiger partial charge >= 0.3 is 5.97 Å². The maximum Gasteiger partial charge on any atom is 0.320 e. The van der Waals surface area contributed by atoms with Crippen LogP contribution in [0.1, 0.15) is 19.8 Å². The third-order valence-corrected chi connectivity index (χ3v) is 4.46. The quantitative estimate of drug-likeness (QED) is 0.779. The van der Waals surface area contributed by atoms with Gasteiger partial charge < -0.3 is 10.0 Å². The molecule has 104 valence electrons. The summed E-state index contributed by atoms with van der Waals surface area (Å²) in [6.07, 6.45) is 2.51. The zero-order chi connectivity index (χ0) is 13.1. The molecule has 1 atom stereocenters. The Bertz CT molecular complexity index is 282. The zero-order valence-electron chi connectivity index (χ0n) is 11.5. The lowest BCUT2D eigenvalue weighted by Gasteiger charge is -2.43. The first-order chi connectivity index (χ1) is 8.58. The van der Waals surface area contributed by atoms with Crippen LogP contribution in [-0.4, -0.2) is 84.2 Å². The molecular weight excluding hydrogens is 230 g/mol. The van der Waals surface area contributed by atoms with Crippen molar-refractivity contribution in [3.05, 3.63) is 0 Å². The maximum atomic E-state index is 11.0. The smallest absolute Gasteiger partial charge is 0.320 e. The van der Waals surface area contributed by atoms with Crippen molar-refractivity contribution in [2.75, 3.05) is 46.3 Å². The van der Waals surface area contributed by atoms with Crippen LogP contribution in [0.25, 0.3) is 0 Å². The Hall–Kier alpha value is -0.650. The molecule has 0 radical (unpaired) electrons. The lowest BCUT2D eigenvalue weighted by atomic mass is 10.0. The van der Waals surface area contributed by atoms with Crippen LogP contribution in [-0.2, 0) is 4.79 Å². The second-order valence-electron chi connectivity index (χ2n) is 5.62. The van der Waals surface area contributed by atoms with Crippen LogP contribution >= 0.6 is 0 Å². The van der Waals surface area contributed by atoms with E-state index in [-0.39, 0.29) is 6.04 Å². The molecule has 5 heteroatoms. The summed E-state index contributed by atoms with van der Waals surface area (Å²) < 4.78 is 0. The van der Waals surface area contributed by atoms with Gasteiger partial charge in [-0.2, -0.15) is 0 Å². The summed E-state index contributed by atoms with van der Waals surface area (Å²) in [4.78, 5) is 18.0. The van der Waals surface area contributed by atoms with Crippen molar-refractivity contribution in [1.82, 2.24) is 14.7 Å². The van der Waals surface area contributed by atoms with E-state index in [0.29, 0.717) is 6.04 Å². The van der Waals surface area contributed by atoms with Crippen LogP contribution in [0.4, 0.5) is 0 Å². The lowest BCUT2D eigenvalue weighted by Crippen LogP contribution is -2.55. The van der Waals surface area contributed by atoms with E-state index in [1.54, 1.807) is 6.92 Å². The van der Waals surface area contributed by atoms with Gasteiger partial charge in [0.1, 0.15) is 6.04 Å². The van der Waals surface area contributed by atoms with Gasteiger partial charge in [0.2, 0.25) is 0 Å². The molecule has 1 N–H and O–H groups in total. The number of piperidine rings is 1. The van der Waals surface area contributed by atoms with E-state index in [9.17, 15) is 4.79 Å². The molecule has 5 nitrogen and oxygen atoms in total. The van der Waals surface area contributed by atoms with Crippen molar-refractivity contribution in [1.29, 1.82) is 0 Å². The molecule has 0 aromatic carbocycles. The molecule has 18 heavy (non-hydrogen) atoms. The molecule has 0 spiro atoms. The minimum Gasteiger partial charge on any atom is -0.480 e. The van der Waals surface area contributed by atoms with E-state index in [0.717, 1.165) is 26.2 Å². The standard InChI is InChI=1S/C13H25N3O2/c1-11(13(17)18)15-7-9-16(10-8-15)12-3-5-14(2)6-4-12/h11-12H,3-10H2,1-2H3,(H,17,18). The Kier molecular flexibility index (Phi) is 4.59. The molecule has 0 aromatic rings. The molecule has 0 aromatic heterocycles. The third-order valence-electron chi connectivity index (χ3n) is 4.46. The minimum absolute atomic E-state index is 0.343. The molecule has 2 aliphatic rings. The van der Waals surface area contributed by atoms with Crippen LogP contribution in [0.15, 0.2) is 0 Å². The molecule has 2 heterocycles. The van der Waals surface area contributed by atoms with E-state index < -0.39 is 5.97 Å². The molecule has 2 rings (SSSR count). The summed E-state index contributed by atoms with van der Waals surface area (Å²) in [6, 6.07) is 0.369. The van der Waals surface area contributed by atoms with E-state index in [1.807, 2.05) is 0 Å². The highest BCUT2D eigenvalue weighted by atomic mass is 16.4. The average Bonchev–Trinajstić information content (AvgIpc) is 2.39. The first-order valence-corrected chi connectivity index (χ1v) is 6.97. The Labute approximate surface area is 109 Å². The molecule has 0 aliphatic carbocycles. The van der Waals surface area contributed by atoms with Gasteiger partial charge in [-0.1, -0.05) is 0 Å². The highest BCUT2D eigenvalue weighted by Gasteiger charge is 2.29. The fraction of sp³-hybridized carbons (Fsp3) is 0.923. The van der Waals surface area contributed by atoms with Gasteiger partial charge in [-0.05, 0) is 39.9 Å². The normalized spacial score (nSPS) is 27.2. The summed E-state index contributed by atoms with van der Waals surface area (Å²) in [5.74, 6) is -0.706. The molecule has 0 saturated carbocycles. The topological polar surface area (TPSA) is 47.0 Å². The van der Waals surface area contributed by atoms with Gasteiger partial charge in [0.05, 0.1) is 0 Å². The van der Waals surface area contributed by atoms with Crippen molar-refractivity contribution in [2.45, 2.75) is 31.8 Å². The van der Waals surface area contributed by atoms with Gasteiger partial charge in [-0.3, -0.25) is 14.6 Å². The predicted molar refractivity (Wildman–Crippen MR) is 70.8 cm³/mol. The number of carbonyl (C=O) groups is 1. The molecule has 0 bridgehead atoms. The maximum absolute atomic E-state index is 11.0. The fourth-order valence-electron chi connectivity index (χ4n) is 3.01. The van der Waals surface area contributed by atoms with E-state index in [1.165, 1.54) is 25.9 Å². The Balaban J connectivity index is 1.78. The van der Waals surface area contributed by atoms with Crippen molar-refractivity contribution in [2.24, 2.45) is 0 Å². The number of carboxylic acid groups (broad SMARTS) is 1. The summed E-state index contributed by atoms with van der Waals surface area (Å²) in [7, 11) is 2.18. The number of aliphatic carboxylic acids is 1. The first-order valence-electron chi connectivity index (χ1n) is 6.97. The lowest BCUT2D eigenvalue weighted by molar-refractivity contribution is -0.143. The van der Waals surface area contributed by atoms with Crippen LogP contribution in [0.5, 0.6) is 0 Å². The molecule has 2 saturated heterocycles. The van der Waals surface area contributed by atoms with Gasteiger partial charge in [-0.15, -0.1) is 0 Å². The summed E-state index contributed by atoms with van der Waals surface area (Å²) in [5.41, 5.74) is 0. The van der Waals surface area contributed by atoms with E-state index in [4.69, 9.17) is 5.11 Å². The van der Waals surface area contributed by atoms with Gasteiger partial charge in [0.25, 0.3) is 0 Å². The van der Waals surface area contributed by atoms with Crippen LogP contribution in [0.2, 0.25) is 0 Å². The highest BCUT2D eigenvalue weighted by Crippen LogP contribution is 2.18. The SMILES string of the molecule is CC(C(=O)O)N1CCN(C2CCN(C)CC2)CC1. The first kappa shape index (κ1) is 13.8. The number of nitrogens with zero attached hydrogens (tertiary/aromatic N) is 3. The Morgan fingerprint density at radius 1 is 1.11 bits per heavy atom. The third kappa shape index (κ3) is 3.22. The number of piperazine rings is 1. The van der Waals surface area contributed by atoms with Crippen LogP contribution < -0.4 is 0 Å². The van der Waals surface area contributed by atoms with Gasteiger partial charge in [0.15, 0.2) is 0 Å². The second-order valence-corrected chi connectivity index (χ2v) is 5.62. The van der Waals surface area contributed by atoms with Crippen molar-refractivity contribution < 1.29 is 9.90 Å². The predicted octanol–water partition coefficient (Wildman–Crippen LogP) is 0.171. The summed E-state index contributed by atoms with van der Waals surface area (Å²) in [6.45, 7) is 7.98. The molecule has 2 aliphatic heterocycles. The van der Waals surface area contributed by atoms with Gasteiger partial charge in [-0.25, -0.2) is 0 Å². The largest absolute Gasteiger partial charge is 0.480 e. The average molecular weight is 255 g/mol. The molecule has 0 amide bonds. The summed E-state index contributed by atoms with van der Waals surface area (Å²) in [5, 5.41) is 9.02. The molecule has 1 unspecified atom stereocenters. The zero-order valence-corrected chi connectivity index (χ0v) is 11.5. The fourth-order valence-corrected chi connectivity index (χ4v) is 3.01. The molecule has 2 fully saturated rings. The Morgan fingerprint density at radius 2 is 1.67 bits per heavy atom. The summed E-state index contributed by atoms with van der Waals surface area (Å²) >= 11 is 0. The van der Waals surface area contributed by atoms with Crippen LogP contribution in [0, 0.1) is 0 Å². The molecular formula is C13H25N3O2. The van der Waals surface area contributed by atoms with Crippen LogP contribution in [0.3, 0.4) is 0 Å². The van der Waals surface area contributed by atoms with Crippen molar-refractivity contribution in [3.8, 4) is 0 Å². The minimum atomic E-state index is -0.706. The monoisotopic (exact) mass is 255 g/mol. The Morgan fingerprint density at radius 3 is 2.17 bits per heavy atom. The van der Waals surface area contributed by atoms with Crippen molar-refractivity contribution in [3.63, 3.8) is 0 Å². The number of carboxylic acids is 1. The van der Waals surface area contributed by atoms with E-state index in [2.05, 4.69) is 21.7 Å². The van der Waals surface area contributed by atoms with Crippen molar-refractivity contribution >= 4 is 5.97 Å². The van der Waals surface area contributed by atoms with E-state index >= 15 is 0 Å². The number of hydrogen-bond acceptors (Lipinski definition) is 4. The number of likely N-dealkylation sites (tertiary alicyclic amines) is 1. The second kappa shape index (κ2) is 5.99.